The summed E-state index contributed by atoms with van der Waals surface area (Å²) in [4.78, 5) is 23.4. The Hall–Kier alpha value is -2.80. The first-order valence-corrected chi connectivity index (χ1v) is 12.0. The lowest BCUT2D eigenvalue weighted by Gasteiger charge is -2.34. The minimum absolute atomic E-state index is 0.0892. The van der Waals surface area contributed by atoms with Crippen molar-refractivity contribution in [2.75, 3.05) is 13.2 Å². The summed E-state index contributed by atoms with van der Waals surface area (Å²) in [5, 5.41) is 21.8. The number of ether oxygens (including phenoxy) is 1. The summed E-state index contributed by atoms with van der Waals surface area (Å²) in [6, 6.07) is 9.94. The van der Waals surface area contributed by atoms with Crippen LogP contribution in [0.2, 0.25) is 0 Å². The maximum absolute atomic E-state index is 12.6. The van der Waals surface area contributed by atoms with Gasteiger partial charge in [0, 0.05) is 24.7 Å². The number of aliphatic hydroxyl groups is 1. The number of nitrogens with one attached hydrogen (secondary N) is 1. The minimum Gasteiger partial charge on any atom is -0.491 e. The molecule has 3 N–H and O–H groups in total. The van der Waals surface area contributed by atoms with E-state index in [4.69, 9.17) is 9.84 Å². The van der Waals surface area contributed by atoms with Gasteiger partial charge in [0.15, 0.2) is 0 Å². The second kappa shape index (κ2) is 11.1. The number of nitrogens with zero attached hydrogens (tertiary/aromatic N) is 1. The molecule has 2 rings (SSSR count). The molecule has 7 nitrogen and oxygen atoms in total. The van der Waals surface area contributed by atoms with E-state index in [0.29, 0.717) is 5.69 Å². The van der Waals surface area contributed by atoms with Crippen LogP contribution in [0.4, 0.5) is 0 Å². The molecule has 0 fully saturated rings. The number of aryl methyl sites for hydroxylation is 1. The number of carbonyl (C=O) groups excluding carboxylic acids is 1. The number of aliphatic hydroxyl groups excluding tert-OH is 1. The Bertz CT molecular complexity index is 999. The van der Waals surface area contributed by atoms with Crippen LogP contribution in [0.1, 0.15) is 81.2 Å². The maximum Gasteiger partial charge on any atom is 0.305 e. The molecule has 1 unspecified atom stereocenters. The number of benzene rings is 1. The molecule has 2 aromatic rings. The Labute approximate surface area is 203 Å². The first-order chi connectivity index (χ1) is 15.9. The van der Waals surface area contributed by atoms with Gasteiger partial charge in [-0.2, -0.15) is 0 Å². The number of hydrogen-bond acceptors (Lipinski definition) is 4. The molecule has 1 atom stereocenters. The van der Waals surface area contributed by atoms with E-state index in [1.54, 1.807) is 6.07 Å². The quantitative estimate of drug-likeness (QED) is 0.449. The Morgan fingerprint density at radius 1 is 1.12 bits per heavy atom. The lowest BCUT2D eigenvalue weighted by molar-refractivity contribution is -0.136. The van der Waals surface area contributed by atoms with E-state index < -0.39 is 12.1 Å². The molecule has 1 aromatic heterocycles. The zero-order valence-corrected chi connectivity index (χ0v) is 21.6. The molecule has 0 radical (unpaired) electrons. The Morgan fingerprint density at radius 2 is 1.76 bits per heavy atom. The summed E-state index contributed by atoms with van der Waals surface area (Å²) in [6.45, 7) is 12.5. The average Bonchev–Trinajstić information content (AvgIpc) is 3.15. The summed E-state index contributed by atoms with van der Waals surface area (Å²) in [5.74, 6) is -0.480. The van der Waals surface area contributed by atoms with Crippen molar-refractivity contribution in [1.82, 2.24) is 9.88 Å². The molecule has 1 heterocycles. The van der Waals surface area contributed by atoms with Crippen LogP contribution in [-0.2, 0) is 17.3 Å². The highest BCUT2D eigenvalue weighted by Gasteiger charge is 2.34. The van der Waals surface area contributed by atoms with Crippen molar-refractivity contribution in [3.05, 3.63) is 52.8 Å². The number of aliphatic carboxylic acids is 1. The van der Waals surface area contributed by atoms with E-state index >= 15 is 0 Å². The van der Waals surface area contributed by atoms with Crippen LogP contribution in [0.15, 0.2) is 30.3 Å². The van der Waals surface area contributed by atoms with E-state index in [9.17, 15) is 14.7 Å². The topological polar surface area (TPSA) is 101 Å². The van der Waals surface area contributed by atoms with E-state index in [0.717, 1.165) is 35.4 Å². The minimum atomic E-state index is -0.945. The van der Waals surface area contributed by atoms with Gasteiger partial charge in [0.2, 0.25) is 0 Å². The highest BCUT2D eigenvalue weighted by atomic mass is 16.5. The second-order valence-corrected chi connectivity index (χ2v) is 10.0. The predicted molar refractivity (Wildman–Crippen MR) is 133 cm³/mol. The molecule has 0 aliphatic heterocycles. The molecule has 0 aliphatic rings. The van der Waals surface area contributed by atoms with Crippen molar-refractivity contribution in [2.24, 2.45) is 12.5 Å². The smallest absolute Gasteiger partial charge is 0.305 e. The summed E-state index contributed by atoms with van der Waals surface area (Å²) < 4.78 is 7.83. The van der Waals surface area contributed by atoms with Crippen LogP contribution < -0.4 is 10.1 Å². The second-order valence-electron chi connectivity index (χ2n) is 10.0. The van der Waals surface area contributed by atoms with Crippen molar-refractivity contribution >= 4 is 11.9 Å². The molecular weight excluding hydrogens is 432 g/mol. The third-order valence-electron chi connectivity index (χ3n) is 6.80. The average molecular weight is 473 g/mol. The summed E-state index contributed by atoms with van der Waals surface area (Å²) >= 11 is 0. The fraction of sp³-hybridized carbons (Fsp3) is 0.556. The van der Waals surface area contributed by atoms with Crippen molar-refractivity contribution in [3.8, 4) is 5.75 Å². The monoisotopic (exact) mass is 472 g/mol. The van der Waals surface area contributed by atoms with Gasteiger partial charge in [-0.05, 0) is 54.5 Å². The fourth-order valence-corrected chi connectivity index (χ4v) is 4.29. The first-order valence-electron chi connectivity index (χ1n) is 12.0. The van der Waals surface area contributed by atoms with E-state index in [1.165, 1.54) is 0 Å². The molecule has 34 heavy (non-hydrogen) atoms. The zero-order valence-electron chi connectivity index (χ0n) is 21.6. The number of hydrogen-bond donors (Lipinski definition) is 3. The third-order valence-corrected chi connectivity index (χ3v) is 6.80. The van der Waals surface area contributed by atoms with Gasteiger partial charge in [-0.25, -0.2) is 0 Å². The standard InChI is InChI=1S/C27H40N2O5/c1-8-27(9-2,22-13-11-20(29(22)7)25(33)28-15-14-24(31)32)19-10-12-21(18(3)16-19)34-17-23(30)26(4,5)6/h10-13,16,23,30H,8-9,14-15,17H2,1-7H3,(H,28,33)(H,31,32). The van der Waals surface area contributed by atoms with Crippen LogP contribution in [-0.4, -0.2) is 45.9 Å². The molecular formula is C27H40N2O5. The molecule has 188 valence electrons. The zero-order chi connectivity index (χ0) is 25.7. The van der Waals surface area contributed by atoms with Crippen LogP contribution in [0.5, 0.6) is 5.75 Å². The van der Waals surface area contributed by atoms with Crippen LogP contribution in [0, 0.1) is 12.3 Å². The van der Waals surface area contributed by atoms with Crippen molar-refractivity contribution in [1.29, 1.82) is 0 Å². The molecule has 0 aliphatic carbocycles. The normalized spacial score (nSPS) is 12.9. The number of carboxylic acid groups (broad SMARTS) is 1. The molecule has 0 bridgehead atoms. The SMILES string of the molecule is CCC(CC)(c1ccc(OCC(O)C(C)(C)C)c(C)c1)c1ccc(C(=O)NCCC(=O)O)n1C. The van der Waals surface area contributed by atoms with Gasteiger partial charge < -0.3 is 24.8 Å². The number of aromatic nitrogens is 1. The van der Waals surface area contributed by atoms with Gasteiger partial charge in [-0.15, -0.1) is 0 Å². The molecule has 1 amide bonds. The van der Waals surface area contributed by atoms with E-state index in [-0.39, 0.29) is 36.3 Å². The number of carboxylic acids is 1. The number of carbonyl (C=O) groups is 2. The summed E-state index contributed by atoms with van der Waals surface area (Å²) in [5.41, 5.74) is 3.10. The van der Waals surface area contributed by atoms with Gasteiger partial charge in [0.05, 0.1) is 12.5 Å². The Morgan fingerprint density at radius 3 is 2.29 bits per heavy atom. The summed E-state index contributed by atoms with van der Waals surface area (Å²) in [7, 11) is 1.87. The molecule has 7 heteroatoms. The van der Waals surface area contributed by atoms with Crippen LogP contribution in [0.25, 0.3) is 0 Å². The Balaban J connectivity index is 2.33. The number of rotatable bonds is 11. The predicted octanol–water partition coefficient (Wildman–Crippen LogP) is 4.43. The molecule has 0 saturated heterocycles. The van der Waals surface area contributed by atoms with Gasteiger partial charge >= 0.3 is 5.97 Å². The fourth-order valence-electron chi connectivity index (χ4n) is 4.29. The summed E-state index contributed by atoms with van der Waals surface area (Å²) in [6.07, 6.45) is 0.991. The van der Waals surface area contributed by atoms with Crippen molar-refractivity contribution < 1.29 is 24.5 Å². The lowest BCUT2D eigenvalue weighted by Crippen LogP contribution is -2.32. The maximum atomic E-state index is 12.6. The van der Waals surface area contributed by atoms with E-state index in [2.05, 4.69) is 31.3 Å². The largest absolute Gasteiger partial charge is 0.491 e. The van der Waals surface area contributed by atoms with Gasteiger partial charge in [0.25, 0.3) is 5.91 Å². The van der Waals surface area contributed by atoms with Crippen LogP contribution in [0.3, 0.4) is 0 Å². The third kappa shape index (κ3) is 6.00. The van der Waals surface area contributed by atoms with Crippen LogP contribution >= 0.6 is 0 Å². The lowest BCUT2D eigenvalue weighted by atomic mass is 9.72. The Kier molecular flexibility index (Phi) is 8.95. The van der Waals surface area contributed by atoms with E-state index in [1.807, 2.05) is 51.4 Å². The highest BCUT2D eigenvalue weighted by molar-refractivity contribution is 5.93. The molecule has 0 saturated carbocycles. The van der Waals surface area contributed by atoms with Gasteiger partial charge in [-0.1, -0.05) is 46.8 Å². The van der Waals surface area contributed by atoms with Crippen molar-refractivity contribution in [3.63, 3.8) is 0 Å². The van der Waals surface area contributed by atoms with Gasteiger partial charge in [-0.3, -0.25) is 9.59 Å². The number of amides is 1. The molecule has 0 spiro atoms. The van der Waals surface area contributed by atoms with Gasteiger partial charge in [0.1, 0.15) is 18.1 Å². The molecule has 1 aromatic carbocycles. The van der Waals surface area contributed by atoms with Crippen molar-refractivity contribution in [2.45, 2.75) is 72.3 Å². The first kappa shape index (κ1) is 27.4. The highest BCUT2D eigenvalue weighted by Crippen LogP contribution is 2.41.